The number of H-pyrrole nitrogens is 6. The van der Waals surface area contributed by atoms with Crippen LogP contribution in [0, 0.1) is 23.3 Å². The summed E-state index contributed by atoms with van der Waals surface area (Å²) < 4.78 is 88.7. The minimum atomic E-state index is -0.691. The molecule has 0 spiro atoms. The molecule has 29 heteroatoms. The van der Waals surface area contributed by atoms with Gasteiger partial charge in [0, 0.05) is 61.6 Å². The summed E-state index contributed by atoms with van der Waals surface area (Å²) in [5.74, 6) is -1.69. The number of aryl methyl sites for hydroxylation is 5. The summed E-state index contributed by atoms with van der Waals surface area (Å²) in [5.41, 5.74) is 19.6. The van der Waals surface area contributed by atoms with Gasteiger partial charge in [-0.2, -0.15) is 4.37 Å². The summed E-state index contributed by atoms with van der Waals surface area (Å²) in [5, 5.41) is 18.5. The van der Waals surface area contributed by atoms with Crippen molar-refractivity contribution in [3.05, 3.63) is 380 Å². The smallest absolute Gasteiger partial charge is 0.439 e. The summed E-state index contributed by atoms with van der Waals surface area (Å²) in [6.45, 7) is 11.9. The van der Waals surface area contributed by atoms with Crippen molar-refractivity contribution in [2.45, 2.75) is 80.1 Å². The first kappa shape index (κ1) is 88.0. The summed E-state index contributed by atoms with van der Waals surface area (Å²) in [6, 6.07) is 80.6. The van der Waals surface area contributed by atoms with Gasteiger partial charge in [0.2, 0.25) is 0 Å². The first-order valence-electron chi connectivity index (χ1n) is 40.1. The van der Waals surface area contributed by atoms with Crippen molar-refractivity contribution in [3.63, 3.8) is 0 Å². The van der Waals surface area contributed by atoms with Crippen LogP contribution < -0.4 is 38.4 Å². The van der Waals surface area contributed by atoms with Crippen molar-refractivity contribution in [2.75, 3.05) is 7.11 Å². The van der Waals surface area contributed by atoms with E-state index in [1.165, 1.54) is 41.0 Å². The maximum absolute atomic E-state index is 14.3. The molecule has 636 valence electrons. The Morgan fingerprint density at radius 1 is 0.278 bits per heavy atom. The van der Waals surface area contributed by atoms with Gasteiger partial charge in [-0.05, 0) is 152 Å². The van der Waals surface area contributed by atoms with E-state index in [2.05, 4.69) is 158 Å². The van der Waals surface area contributed by atoms with Crippen LogP contribution in [0.2, 0.25) is 0 Å². The number of hydrogen-bond acceptors (Lipinski definition) is 19. The molecule has 0 aliphatic rings. The van der Waals surface area contributed by atoms with Crippen LogP contribution in [-0.4, -0.2) is 67.2 Å². The summed E-state index contributed by atoms with van der Waals surface area (Å²) >= 11 is 0.948. The lowest BCUT2D eigenvalue weighted by atomic mass is 9.97. The van der Waals surface area contributed by atoms with E-state index in [0.29, 0.717) is 74.2 Å². The SMILES string of the molecule is CCc1c(F)cc(-c2ccccc2-c2noc(=O)[nH]2)cc1F.CCc1ccc(-c2ccccc2-c2noc(=O)[nH]2)c(F)c1.CCc1ccc(-c2ccccc2-c2noc(=O)[nH]2)c(OC)c1.CCc1ccc(-c2ccccc2-c2noc(=O)[nH]2)cc1.CCc1ccc(-c2ccccc2-c2noc(=O)[nH]2)cc1F.CCc1ccc(-c2ccccc2-c2nsc(=O)[nH]2)cc1. The van der Waals surface area contributed by atoms with Gasteiger partial charge in [-0.3, -0.25) is 57.3 Å². The molecule has 0 saturated carbocycles. The van der Waals surface area contributed by atoms with Crippen LogP contribution in [0.5, 0.6) is 5.75 Å². The number of benzene rings is 12. The molecule has 24 nitrogen and oxygen atoms in total. The molecule has 0 aliphatic carbocycles. The largest absolute Gasteiger partial charge is 0.496 e. The highest BCUT2D eigenvalue weighted by Crippen LogP contribution is 2.40. The minimum absolute atomic E-state index is 0.0519. The third kappa shape index (κ3) is 21.4. The van der Waals surface area contributed by atoms with E-state index in [9.17, 15) is 46.3 Å². The lowest BCUT2D eigenvalue weighted by molar-refractivity contribution is 0.388. The molecule has 6 heterocycles. The van der Waals surface area contributed by atoms with Gasteiger partial charge in [0.25, 0.3) is 0 Å². The number of ether oxygens (including phenoxy) is 1. The zero-order valence-electron chi connectivity index (χ0n) is 69.1. The van der Waals surface area contributed by atoms with E-state index < -0.39 is 40.4 Å². The molecule has 0 unspecified atom stereocenters. The molecule has 0 atom stereocenters. The molecule has 0 aliphatic heterocycles. The highest BCUT2D eigenvalue weighted by atomic mass is 32.1. The first-order chi connectivity index (χ1) is 61.2. The van der Waals surface area contributed by atoms with Crippen LogP contribution >= 0.6 is 11.5 Å². The van der Waals surface area contributed by atoms with Gasteiger partial charge in [0.05, 0.1) is 7.11 Å². The van der Waals surface area contributed by atoms with Gasteiger partial charge in [-0.15, -0.1) is 0 Å². The fourth-order valence-corrected chi connectivity index (χ4v) is 14.3. The average molecular weight is 1720 g/mol. The number of aromatic nitrogens is 12. The number of methoxy groups -OCH3 is 1. The van der Waals surface area contributed by atoms with Crippen LogP contribution in [0.25, 0.3) is 135 Å². The molecule has 0 radical (unpaired) electrons. The van der Waals surface area contributed by atoms with Crippen LogP contribution in [0.1, 0.15) is 74.9 Å². The third-order valence-electron chi connectivity index (χ3n) is 20.3. The summed E-state index contributed by atoms with van der Waals surface area (Å²) in [7, 11) is 1.65. The van der Waals surface area contributed by atoms with Crippen molar-refractivity contribution < 1.29 is 44.9 Å². The van der Waals surface area contributed by atoms with E-state index in [1.807, 2.05) is 135 Å². The Balaban J connectivity index is 0.000000130. The monoisotopic (exact) mass is 1710 g/mol. The quantitative estimate of drug-likeness (QED) is 0.0410. The average Bonchev–Trinajstić information content (AvgIpc) is 1.44. The van der Waals surface area contributed by atoms with Gasteiger partial charge >= 0.3 is 33.7 Å². The Kier molecular flexibility index (Phi) is 29.1. The molecule has 0 bridgehead atoms. The Hall–Kier alpha value is -15.8. The van der Waals surface area contributed by atoms with E-state index >= 15 is 0 Å². The highest BCUT2D eigenvalue weighted by molar-refractivity contribution is 7.03. The van der Waals surface area contributed by atoms with Crippen LogP contribution in [-0.2, 0) is 38.5 Å². The zero-order valence-corrected chi connectivity index (χ0v) is 69.9. The predicted octanol–water partition coefficient (Wildman–Crippen LogP) is 20.6. The lowest BCUT2D eigenvalue weighted by Crippen LogP contribution is -1.97. The van der Waals surface area contributed by atoms with Crippen LogP contribution in [0.15, 0.2) is 312 Å². The number of nitrogens with one attached hydrogen (secondary N) is 6. The van der Waals surface area contributed by atoms with Gasteiger partial charge in [0.1, 0.15) is 29.0 Å². The van der Waals surface area contributed by atoms with Crippen molar-refractivity contribution in [1.82, 2.24) is 60.1 Å². The van der Waals surface area contributed by atoms with E-state index in [0.717, 1.165) is 110 Å². The second-order valence-corrected chi connectivity index (χ2v) is 28.8. The zero-order chi connectivity index (χ0) is 88.8. The number of hydrogen-bond donors (Lipinski definition) is 6. The lowest BCUT2D eigenvalue weighted by Gasteiger charge is -2.13. The molecule has 6 aromatic heterocycles. The Morgan fingerprint density at radius 3 is 0.913 bits per heavy atom. The summed E-state index contributed by atoms with van der Waals surface area (Å²) in [4.78, 5) is 82.2. The second-order valence-electron chi connectivity index (χ2n) is 28.0. The topological polar surface area (TPSA) is 349 Å². The van der Waals surface area contributed by atoms with Gasteiger partial charge in [-0.1, -0.05) is 298 Å². The van der Waals surface area contributed by atoms with Gasteiger partial charge in [0.15, 0.2) is 34.9 Å². The first-order valence-corrected chi connectivity index (χ1v) is 40.9. The predicted molar refractivity (Wildman–Crippen MR) is 476 cm³/mol. The van der Waals surface area contributed by atoms with E-state index in [1.54, 1.807) is 74.7 Å². The van der Waals surface area contributed by atoms with Crippen molar-refractivity contribution in [3.8, 4) is 141 Å². The number of nitrogens with zero attached hydrogens (tertiary/aromatic N) is 6. The minimum Gasteiger partial charge on any atom is -0.496 e. The normalized spacial score (nSPS) is 10.7. The van der Waals surface area contributed by atoms with E-state index in [-0.39, 0.29) is 40.1 Å². The molecule has 6 N–H and O–H groups in total. The van der Waals surface area contributed by atoms with Gasteiger partial charge in [-0.25, -0.2) is 41.5 Å². The Bertz CT molecular complexity index is 6970. The number of aromatic amines is 6. The summed E-state index contributed by atoms with van der Waals surface area (Å²) in [6.07, 6.45) is 4.67. The van der Waals surface area contributed by atoms with Crippen molar-refractivity contribution in [2.24, 2.45) is 0 Å². The molecule has 0 amide bonds. The number of halogens is 4. The Labute approximate surface area is 720 Å². The van der Waals surface area contributed by atoms with Crippen molar-refractivity contribution in [1.29, 1.82) is 0 Å². The molecule has 126 heavy (non-hydrogen) atoms. The molecular weight excluding hydrogens is 1630 g/mol. The standard InChI is InChI=1S/C17H16N2O3.C16H12F2N2O2.2C16H13FN2O2.C16H14N2O2.C16H14N2OS/c1-3-11-8-9-13(15(10-11)21-2)12-6-4-5-7-14(12)16-18-17(20)22-19-16;1-2-10-13(17)7-9(8-14(10)18)11-5-3-4-6-12(11)15-19-16(21)22-20-15;1-2-10-7-8-11(9-14(10)17)12-5-3-4-6-13(12)15-18-16(20)21-19-15;1-2-10-7-8-12(14(17)9-10)11-5-3-4-6-13(11)15-18-16(20)21-19-15;2*1-2-11-7-9-12(10-8-11)13-5-3-4-6-14(13)15-17-16(19)20-18-15/h4-10H,3H2,1-2H3,(H,18,19,20);3-8H,2H2,1H3,(H,19,20,21);2*3-9H,2H2,1H3,(H,18,19,20);2*3-10H,2H2,1H3,(H,17,18,19). The van der Waals surface area contributed by atoms with Crippen LogP contribution in [0.4, 0.5) is 17.6 Å². The second kappa shape index (κ2) is 41.7. The molecular formula is C97H82F4N12O12S. The fraction of sp³-hybridized carbons (Fsp3) is 0.134. The molecule has 18 rings (SSSR count). The van der Waals surface area contributed by atoms with E-state index in [4.69, 9.17) is 4.74 Å². The molecule has 18 aromatic rings. The maximum atomic E-state index is 14.3. The highest BCUT2D eigenvalue weighted by Gasteiger charge is 2.21. The Morgan fingerprint density at radius 2 is 0.587 bits per heavy atom. The maximum Gasteiger partial charge on any atom is 0.439 e. The molecule has 12 aromatic carbocycles. The molecule has 0 fully saturated rings. The van der Waals surface area contributed by atoms with Crippen LogP contribution in [0.3, 0.4) is 0 Å². The third-order valence-corrected chi connectivity index (χ3v) is 20.9. The van der Waals surface area contributed by atoms with Gasteiger partial charge < -0.3 is 4.74 Å². The molecule has 0 saturated heterocycles. The van der Waals surface area contributed by atoms with Crippen molar-refractivity contribution >= 4 is 11.5 Å². The fourth-order valence-electron chi connectivity index (χ4n) is 13.8. The number of rotatable bonds is 19.